The second-order valence-corrected chi connectivity index (χ2v) is 11.2. The Morgan fingerprint density at radius 1 is 1.10 bits per heavy atom. The lowest BCUT2D eigenvalue weighted by molar-refractivity contribution is -0.0334. The molecule has 0 saturated heterocycles. The predicted molar refractivity (Wildman–Crippen MR) is 144 cm³/mol. The fourth-order valence-corrected chi connectivity index (χ4v) is 5.30. The summed E-state index contributed by atoms with van der Waals surface area (Å²) >= 11 is 6.50. The normalized spacial score (nSPS) is 20.3. The van der Waals surface area contributed by atoms with Crippen molar-refractivity contribution in [1.82, 2.24) is 24.5 Å². The summed E-state index contributed by atoms with van der Waals surface area (Å²) in [5.74, 6) is -0.670. The van der Waals surface area contributed by atoms with Gasteiger partial charge in [-0.2, -0.15) is 0 Å². The number of hydrogen-bond donors (Lipinski definition) is 1. The molecule has 2 fully saturated rings. The maximum absolute atomic E-state index is 14.1. The van der Waals surface area contributed by atoms with Gasteiger partial charge in [-0.1, -0.05) is 11.6 Å². The Balaban J connectivity index is 1.36. The van der Waals surface area contributed by atoms with Crippen molar-refractivity contribution in [2.45, 2.75) is 63.6 Å². The largest absolute Gasteiger partial charge is 0.485 e. The standard InChI is InChI=1S/C29H26ClF2N5O3/c1-15-12-34-21(20-5-6-33-27(36-20)17-10-29(2,39)11-17)8-23(15)37-24(16-3-4-16)9-25(26(30)28(37)38)40-14-22-19(32)7-18(31)13-35-22/h5-9,12-13,16-17,39H,3-4,10-11,14H2,1-2H3. The molecule has 0 atom stereocenters. The Labute approximate surface area is 233 Å². The molecular weight excluding hydrogens is 540 g/mol. The van der Waals surface area contributed by atoms with Gasteiger partial charge in [-0.3, -0.25) is 19.3 Å². The van der Waals surface area contributed by atoms with Crippen LogP contribution in [0.25, 0.3) is 17.1 Å². The molecular formula is C29H26ClF2N5O3. The number of ether oxygens (including phenoxy) is 1. The summed E-state index contributed by atoms with van der Waals surface area (Å²) in [6, 6.07) is 5.99. The highest BCUT2D eigenvalue weighted by Crippen LogP contribution is 2.44. The van der Waals surface area contributed by atoms with Crippen molar-refractivity contribution in [2.24, 2.45) is 0 Å². The second kappa shape index (κ2) is 10.0. The van der Waals surface area contributed by atoms with E-state index < -0.39 is 22.8 Å². The van der Waals surface area contributed by atoms with Gasteiger partial charge >= 0.3 is 0 Å². The molecule has 0 radical (unpaired) electrons. The van der Waals surface area contributed by atoms with Gasteiger partial charge in [0.2, 0.25) is 0 Å². The van der Waals surface area contributed by atoms with Gasteiger partial charge in [-0.05, 0) is 63.1 Å². The summed E-state index contributed by atoms with van der Waals surface area (Å²) in [5, 5.41) is 9.97. The van der Waals surface area contributed by atoms with Crippen molar-refractivity contribution < 1.29 is 18.6 Å². The van der Waals surface area contributed by atoms with Crippen LogP contribution < -0.4 is 10.3 Å². The minimum absolute atomic E-state index is 0.0777. The van der Waals surface area contributed by atoms with Crippen molar-refractivity contribution in [2.75, 3.05) is 0 Å². The minimum atomic E-state index is -0.845. The van der Waals surface area contributed by atoms with Gasteiger partial charge in [0.05, 0.1) is 28.9 Å². The maximum atomic E-state index is 14.1. The van der Waals surface area contributed by atoms with Crippen molar-refractivity contribution >= 4 is 11.6 Å². The molecule has 0 unspecified atom stereocenters. The van der Waals surface area contributed by atoms with E-state index in [-0.39, 0.29) is 34.9 Å². The van der Waals surface area contributed by atoms with Crippen LogP contribution in [0.4, 0.5) is 8.78 Å². The highest BCUT2D eigenvalue weighted by molar-refractivity contribution is 6.31. The Kier molecular flexibility index (Phi) is 6.62. The molecule has 0 spiro atoms. The van der Waals surface area contributed by atoms with Crippen LogP contribution in [-0.4, -0.2) is 35.2 Å². The monoisotopic (exact) mass is 565 g/mol. The Morgan fingerprint density at radius 3 is 2.58 bits per heavy atom. The molecule has 2 aliphatic rings. The van der Waals surface area contributed by atoms with Crippen LogP contribution >= 0.6 is 11.6 Å². The number of aliphatic hydroxyl groups is 1. The van der Waals surface area contributed by atoms with Crippen LogP contribution in [0.2, 0.25) is 5.02 Å². The van der Waals surface area contributed by atoms with Crippen LogP contribution in [-0.2, 0) is 6.61 Å². The average Bonchev–Trinajstić information content (AvgIpc) is 3.75. The molecule has 2 aliphatic carbocycles. The van der Waals surface area contributed by atoms with E-state index in [0.717, 1.165) is 36.4 Å². The van der Waals surface area contributed by atoms with Gasteiger partial charge in [0.1, 0.15) is 34.7 Å². The summed E-state index contributed by atoms with van der Waals surface area (Å²) in [6.07, 6.45) is 7.25. The first-order chi connectivity index (χ1) is 19.1. The molecule has 0 amide bonds. The van der Waals surface area contributed by atoms with Crippen LogP contribution in [0.5, 0.6) is 5.75 Å². The highest BCUT2D eigenvalue weighted by Gasteiger charge is 2.40. The summed E-state index contributed by atoms with van der Waals surface area (Å²) < 4.78 is 34.6. The molecule has 4 aromatic rings. The summed E-state index contributed by atoms with van der Waals surface area (Å²) in [5.41, 5.74) is 2.00. The lowest BCUT2D eigenvalue weighted by Crippen LogP contribution is -2.39. The van der Waals surface area contributed by atoms with Gasteiger partial charge < -0.3 is 9.84 Å². The first-order valence-corrected chi connectivity index (χ1v) is 13.4. The van der Waals surface area contributed by atoms with Gasteiger partial charge in [0, 0.05) is 36.1 Å². The molecule has 0 aliphatic heterocycles. The van der Waals surface area contributed by atoms with Crippen molar-refractivity contribution in [3.05, 3.63) is 92.6 Å². The zero-order valence-electron chi connectivity index (χ0n) is 21.9. The number of rotatable bonds is 7. The SMILES string of the molecule is Cc1cnc(-c2ccnc(C3CC(C)(O)C3)n2)cc1-n1c(C2CC2)cc(OCc2ncc(F)cc2F)c(Cl)c1=O. The molecule has 0 bridgehead atoms. The van der Waals surface area contributed by atoms with Gasteiger partial charge in [0.15, 0.2) is 5.82 Å². The lowest BCUT2D eigenvalue weighted by Gasteiger charge is -2.39. The predicted octanol–water partition coefficient (Wildman–Crippen LogP) is 5.41. The zero-order valence-corrected chi connectivity index (χ0v) is 22.6. The van der Waals surface area contributed by atoms with Crippen LogP contribution in [0.15, 0.2) is 47.7 Å². The number of halogens is 3. The number of aryl methyl sites for hydroxylation is 1. The number of aromatic nitrogens is 5. The van der Waals surface area contributed by atoms with Crippen LogP contribution in [0, 0.1) is 18.6 Å². The fraction of sp³-hybridized carbons (Fsp3) is 0.345. The first-order valence-electron chi connectivity index (χ1n) is 13.0. The number of hydrogen-bond acceptors (Lipinski definition) is 7. The molecule has 0 aromatic carbocycles. The number of nitrogens with zero attached hydrogens (tertiary/aromatic N) is 5. The molecule has 11 heteroatoms. The molecule has 4 aromatic heterocycles. The average molecular weight is 566 g/mol. The van der Waals surface area contributed by atoms with E-state index in [1.54, 1.807) is 42.1 Å². The van der Waals surface area contributed by atoms with E-state index in [4.69, 9.17) is 21.3 Å². The van der Waals surface area contributed by atoms with E-state index in [2.05, 4.69) is 15.0 Å². The topological polar surface area (TPSA) is 103 Å². The van der Waals surface area contributed by atoms with E-state index in [1.807, 2.05) is 6.92 Å². The molecule has 2 saturated carbocycles. The molecule has 40 heavy (non-hydrogen) atoms. The highest BCUT2D eigenvalue weighted by atomic mass is 35.5. The third-order valence-electron chi connectivity index (χ3n) is 7.38. The summed E-state index contributed by atoms with van der Waals surface area (Å²) in [4.78, 5) is 31.1. The van der Waals surface area contributed by atoms with Gasteiger partial charge in [0.25, 0.3) is 5.56 Å². The Bertz CT molecular complexity index is 1680. The number of pyridine rings is 3. The third-order valence-corrected chi connectivity index (χ3v) is 7.73. The van der Waals surface area contributed by atoms with Gasteiger partial charge in [-0.25, -0.2) is 18.7 Å². The van der Waals surface area contributed by atoms with Crippen molar-refractivity contribution in [3.63, 3.8) is 0 Å². The molecule has 1 N–H and O–H groups in total. The quantitative estimate of drug-likeness (QED) is 0.319. The van der Waals surface area contributed by atoms with Crippen molar-refractivity contribution in [3.8, 4) is 22.8 Å². The maximum Gasteiger partial charge on any atom is 0.277 e. The summed E-state index contributed by atoms with van der Waals surface area (Å²) in [6.45, 7) is 3.35. The Hall–Kier alpha value is -3.76. The van der Waals surface area contributed by atoms with Gasteiger partial charge in [-0.15, -0.1) is 0 Å². The van der Waals surface area contributed by atoms with Crippen LogP contribution in [0.1, 0.15) is 67.2 Å². The minimum Gasteiger partial charge on any atom is -0.485 e. The van der Waals surface area contributed by atoms with E-state index in [1.165, 1.54) is 0 Å². The smallest absolute Gasteiger partial charge is 0.277 e. The molecule has 206 valence electrons. The zero-order chi connectivity index (χ0) is 28.2. The van der Waals surface area contributed by atoms with E-state index in [0.29, 0.717) is 35.7 Å². The third kappa shape index (κ3) is 5.09. The van der Waals surface area contributed by atoms with Crippen molar-refractivity contribution in [1.29, 1.82) is 0 Å². The van der Waals surface area contributed by atoms with E-state index >= 15 is 0 Å². The molecule has 8 nitrogen and oxygen atoms in total. The second-order valence-electron chi connectivity index (χ2n) is 10.8. The fourth-order valence-electron chi connectivity index (χ4n) is 5.10. The molecule has 4 heterocycles. The van der Waals surface area contributed by atoms with E-state index in [9.17, 15) is 18.7 Å². The summed E-state index contributed by atoms with van der Waals surface area (Å²) in [7, 11) is 0. The van der Waals surface area contributed by atoms with Crippen LogP contribution in [0.3, 0.4) is 0 Å². The Morgan fingerprint density at radius 2 is 1.88 bits per heavy atom. The first kappa shape index (κ1) is 26.5. The molecule has 6 rings (SSSR count). The lowest BCUT2D eigenvalue weighted by atomic mass is 9.72.